The predicted molar refractivity (Wildman–Crippen MR) is 94.5 cm³/mol. The third-order valence-corrected chi connectivity index (χ3v) is 7.53. The summed E-state index contributed by atoms with van der Waals surface area (Å²) in [5.41, 5.74) is 0.588. The van der Waals surface area contributed by atoms with E-state index in [0.29, 0.717) is 5.92 Å². The number of fused-ring (bicyclic) bond motifs is 2. The van der Waals surface area contributed by atoms with Crippen LogP contribution in [0.2, 0.25) is 0 Å². The fourth-order valence-corrected chi connectivity index (χ4v) is 6.36. The van der Waals surface area contributed by atoms with Crippen molar-refractivity contribution in [2.24, 2.45) is 17.8 Å². The molecular weight excluding hydrogens is 306 g/mol. The Morgan fingerprint density at radius 3 is 2.61 bits per heavy atom. The molecule has 3 nitrogen and oxygen atoms in total. The van der Waals surface area contributed by atoms with Crippen LogP contribution in [0.4, 0.5) is 0 Å². The van der Waals surface area contributed by atoms with Crippen LogP contribution in [0, 0.1) is 17.8 Å². The quantitative estimate of drug-likeness (QED) is 0.880. The van der Waals surface area contributed by atoms with Gasteiger partial charge < -0.3 is 0 Å². The van der Waals surface area contributed by atoms with Gasteiger partial charge in [0.05, 0.1) is 5.75 Å². The van der Waals surface area contributed by atoms with Gasteiger partial charge in [-0.15, -0.1) is 0 Å². The number of benzene rings is 1. The van der Waals surface area contributed by atoms with E-state index in [1.807, 2.05) is 30.3 Å². The summed E-state index contributed by atoms with van der Waals surface area (Å²) in [6, 6.07) is 9.47. The molecule has 2 aliphatic rings. The summed E-state index contributed by atoms with van der Waals surface area (Å²) in [6.45, 7) is 4.40. The molecule has 0 heterocycles. The van der Waals surface area contributed by atoms with Crippen LogP contribution in [0.1, 0.15) is 57.9 Å². The lowest BCUT2D eigenvalue weighted by atomic mass is 9.60. The van der Waals surface area contributed by atoms with E-state index in [0.717, 1.165) is 30.2 Å². The van der Waals surface area contributed by atoms with Crippen LogP contribution in [0.25, 0.3) is 0 Å². The highest BCUT2D eigenvalue weighted by Gasteiger charge is 2.45. The molecule has 0 spiro atoms. The molecule has 1 aromatic carbocycles. The maximum atomic E-state index is 12.7. The van der Waals surface area contributed by atoms with Gasteiger partial charge in [-0.2, -0.15) is 0 Å². The van der Waals surface area contributed by atoms with E-state index in [1.165, 1.54) is 25.7 Å². The van der Waals surface area contributed by atoms with Gasteiger partial charge in [-0.3, -0.25) is 0 Å². The second-order valence-electron chi connectivity index (χ2n) is 7.85. The Morgan fingerprint density at radius 2 is 1.91 bits per heavy atom. The molecule has 2 bridgehead atoms. The van der Waals surface area contributed by atoms with Crippen molar-refractivity contribution in [3.05, 3.63) is 35.9 Å². The summed E-state index contributed by atoms with van der Waals surface area (Å²) in [5, 5.41) is 0. The first kappa shape index (κ1) is 17.0. The Balaban J connectivity index is 1.72. The predicted octanol–water partition coefficient (Wildman–Crippen LogP) is 4.10. The molecule has 1 aromatic rings. The Kier molecular flexibility index (Phi) is 4.84. The minimum Gasteiger partial charge on any atom is -0.212 e. The third-order valence-electron chi connectivity index (χ3n) is 6.04. The van der Waals surface area contributed by atoms with Crippen LogP contribution in [-0.2, 0) is 15.8 Å². The molecule has 3 rings (SSSR count). The number of hydrogen-bond acceptors (Lipinski definition) is 2. The minimum absolute atomic E-state index is 0.0801. The van der Waals surface area contributed by atoms with Crippen molar-refractivity contribution in [1.29, 1.82) is 0 Å². The van der Waals surface area contributed by atoms with Crippen LogP contribution in [-0.4, -0.2) is 14.0 Å². The molecule has 2 saturated carbocycles. The largest absolute Gasteiger partial charge is 0.216 e. The summed E-state index contributed by atoms with van der Waals surface area (Å²) < 4.78 is 28.4. The molecule has 23 heavy (non-hydrogen) atoms. The van der Waals surface area contributed by atoms with Crippen molar-refractivity contribution in [3.63, 3.8) is 0 Å². The number of rotatable bonds is 5. The van der Waals surface area contributed by atoms with Gasteiger partial charge in [-0.05, 0) is 62.3 Å². The van der Waals surface area contributed by atoms with Gasteiger partial charge in [-0.25, -0.2) is 13.1 Å². The molecule has 0 aliphatic heterocycles. The molecule has 4 heteroatoms. The molecule has 4 unspecified atom stereocenters. The first-order chi connectivity index (χ1) is 10.9. The lowest BCUT2D eigenvalue weighted by Crippen LogP contribution is -2.56. The average molecular weight is 336 g/mol. The van der Waals surface area contributed by atoms with Crippen molar-refractivity contribution in [2.45, 2.75) is 63.7 Å². The number of hydrogen-bond donors (Lipinski definition) is 1. The van der Waals surface area contributed by atoms with Crippen molar-refractivity contribution < 1.29 is 8.42 Å². The summed E-state index contributed by atoms with van der Waals surface area (Å²) >= 11 is 0. The van der Waals surface area contributed by atoms with Gasteiger partial charge in [-0.1, -0.05) is 43.7 Å². The van der Waals surface area contributed by atoms with Crippen molar-refractivity contribution >= 4 is 10.0 Å². The SMILES string of the molecule is CCC1CC2CCC(C)(NS(=O)(=O)Cc3ccccc3)C(C1)C2. The van der Waals surface area contributed by atoms with Gasteiger partial charge in [0.25, 0.3) is 0 Å². The normalized spacial score (nSPS) is 34.3. The molecular formula is C19H29NO2S. The van der Waals surface area contributed by atoms with Crippen molar-refractivity contribution in [3.8, 4) is 0 Å². The zero-order valence-electron chi connectivity index (χ0n) is 14.3. The lowest BCUT2D eigenvalue weighted by Gasteiger charge is -2.50. The van der Waals surface area contributed by atoms with E-state index in [2.05, 4.69) is 18.6 Å². The number of nitrogens with one attached hydrogen (secondary N) is 1. The van der Waals surface area contributed by atoms with Crippen LogP contribution in [0.5, 0.6) is 0 Å². The van der Waals surface area contributed by atoms with Crippen LogP contribution >= 0.6 is 0 Å². The third kappa shape index (κ3) is 3.97. The minimum atomic E-state index is -3.30. The van der Waals surface area contributed by atoms with E-state index in [1.54, 1.807) is 0 Å². The van der Waals surface area contributed by atoms with Crippen LogP contribution in [0.3, 0.4) is 0 Å². The Morgan fingerprint density at radius 1 is 1.17 bits per heavy atom. The number of sulfonamides is 1. The van der Waals surface area contributed by atoms with E-state index < -0.39 is 10.0 Å². The van der Waals surface area contributed by atoms with Crippen LogP contribution in [0.15, 0.2) is 30.3 Å². The van der Waals surface area contributed by atoms with Gasteiger partial charge in [0.1, 0.15) is 0 Å². The van der Waals surface area contributed by atoms with Gasteiger partial charge in [0, 0.05) is 5.54 Å². The molecule has 2 aliphatic carbocycles. The Labute approximate surface area is 140 Å². The maximum Gasteiger partial charge on any atom is 0.216 e. The smallest absolute Gasteiger partial charge is 0.212 e. The van der Waals surface area contributed by atoms with Gasteiger partial charge >= 0.3 is 0 Å². The highest BCUT2D eigenvalue weighted by molar-refractivity contribution is 7.88. The molecule has 128 valence electrons. The standard InChI is InChI=1S/C19H29NO2S/c1-3-15-11-17-9-10-19(2,18(12-15)13-17)20-23(21,22)14-16-7-5-4-6-8-16/h4-8,15,17-18,20H,3,9-14H2,1-2H3. The Hall–Kier alpha value is -0.870. The van der Waals surface area contributed by atoms with Crippen molar-refractivity contribution in [1.82, 2.24) is 4.72 Å². The first-order valence-electron chi connectivity index (χ1n) is 8.96. The molecule has 1 N–H and O–H groups in total. The van der Waals surface area contributed by atoms with E-state index in [9.17, 15) is 8.42 Å². The highest BCUT2D eigenvalue weighted by Crippen LogP contribution is 2.48. The monoisotopic (exact) mass is 335 g/mol. The van der Waals surface area contributed by atoms with Gasteiger partial charge in [0.2, 0.25) is 10.0 Å². The second kappa shape index (κ2) is 6.56. The lowest BCUT2D eigenvalue weighted by molar-refractivity contribution is 0.0598. The molecule has 0 radical (unpaired) electrons. The average Bonchev–Trinajstić information content (AvgIpc) is 2.51. The fourth-order valence-electron chi connectivity index (χ4n) is 4.68. The summed E-state index contributed by atoms with van der Waals surface area (Å²) in [4.78, 5) is 0. The summed E-state index contributed by atoms with van der Waals surface area (Å²) in [5.74, 6) is 2.16. The molecule has 0 aromatic heterocycles. The van der Waals surface area contributed by atoms with E-state index >= 15 is 0 Å². The van der Waals surface area contributed by atoms with Gasteiger partial charge in [0.15, 0.2) is 0 Å². The summed E-state index contributed by atoms with van der Waals surface area (Å²) in [6.07, 6.45) is 7.09. The maximum absolute atomic E-state index is 12.7. The highest BCUT2D eigenvalue weighted by atomic mass is 32.2. The van der Waals surface area contributed by atoms with E-state index in [-0.39, 0.29) is 11.3 Å². The van der Waals surface area contributed by atoms with E-state index in [4.69, 9.17) is 0 Å². The zero-order chi connectivity index (χ0) is 16.5. The van der Waals surface area contributed by atoms with Crippen molar-refractivity contribution in [2.75, 3.05) is 0 Å². The first-order valence-corrected chi connectivity index (χ1v) is 10.6. The van der Waals surface area contributed by atoms with Crippen LogP contribution < -0.4 is 4.72 Å². The molecule has 0 saturated heterocycles. The Bertz CT molecular complexity index is 628. The molecule has 0 amide bonds. The fraction of sp³-hybridized carbons (Fsp3) is 0.684. The topological polar surface area (TPSA) is 46.2 Å². The summed E-state index contributed by atoms with van der Waals surface area (Å²) in [7, 11) is -3.30. The molecule has 4 atom stereocenters. The second-order valence-corrected chi connectivity index (χ2v) is 9.57. The molecule has 2 fully saturated rings. The zero-order valence-corrected chi connectivity index (χ0v) is 15.1.